The number of guanidine groups is 2. The third-order valence-electron chi connectivity index (χ3n) is 4.08. The summed E-state index contributed by atoms with van der Waals surface area (Å²) in [6.45, 7) is 0.0862. The van der Waals surface area contributed by atoms with Gasteiger partial charge in [0.05, 0.1) is 0 Å². The molecule has 1 saturated heterocycles. The lowest BCUT2D eigenvalue weighted by Gasteiger charge is -2.48. The van der Waals surface area contributed by atoms with Crippen LogP contribution in [-0.4, -0.2) is 69.8 Å². The first kappa shape index (κ1) is 13.7. The number of hydrogen-bond donors (Lipinski definition) is 6. The molecule has 1 unspecified atom stereocenters. The van der Waals surface area contributed by atoms with Crippen LogP contribution >= 0.6 is 0 Å². The van der Waals surface area contributed by atoms with E-state index >= 15 is 0 Å². The van der Waals surface area contributed by atoms with E-state index in [-0.39, 0.29) is 31.5 Å². The molecule has 0 bridgehead atoms. The molecule has 1 spiro atoms. The minimum Gasteiger partial charge on any atom is -0.447 e. The van der Waals surface area contributed by atoms with Crippen LogP contribution in [0, 0.1) is 0 Å². The van der Waals surface area contributed by atoms with Gasteiger partial charge >= 0.3 is 6.09 Å². The Morgan fingerprint density at radius 2 is 2.19 bits per heavy atom. The molecule has 0 aromatic carbocycles. The third kappa shape index (κ3) is 1.70. The van der Waals surface area contributed by atoms with Crippen LogP contribution < -0.4 is 22.5 Å². The standard InChI is InChI=1S/C10H17N7O4/c11-6-15-5-4(3-21-8(13)18)14-7(12)17-2-1-9(19,20)10(5,17)16-6/h4-5,19-20H,1-3H2,(H2,12,14)(H2,13,18)(H3,11,15,16)/t4-,5-,10?/m0/s1. The van der Waals surface area contributed by atoms with Gasteiger partial charge in [0, 0.05) is 13.0 Å². The van der Waals surface area contributed by atoms with Crippen LogP contribution in [0.4, 0.5) is 4.79 Å². The Kier molecular flexibility index (Phi) is 2.68. The summed E-state index contributed by atoms with van der Waals surface area (Å²) < 4.78 is 4.74. The van der Waals surface area contributed by atoms with E-state index in [4.69, 9.17) is 21.9 Å². The van der Waals surface area contributed by atoms with Crippen molar-refractivity contribution in [2.75, 3.05) is 13.2 Å². The predicted octanol–water partition coefficient (Wildman–Crippen LogP) is -3.85. The van der Waals surface area contributed by atoms with Crippen LogP contribution in [0.15, 0.2) is 9.98 Å². The van der Waals surface area contributed by atoms with Crippen LogP contribution in [0.1, 0.15) is 6.42 Å². The zero-order valence-electron chi connectivity index (χ0n) is 11.1. The number of nitrogens with one attached hydrogen (secondary N) is 1. The Labute approximate surface area is 119 Å². The molecule has 3 aliphatic heterocycles. The number of carbonyl (C=O) groups is 1. The molecule has 3 heterocycles. The Bertz CT molecular complexity index is 548. The first-order valence-electron chi connectivity index (χ1n) is 6.37. The van der Waals surface area contributed by atoms with Crippen molar-refractivity contribution in [3.05, 3.63) is 0 Å². The van der Waals surface area contributed by atoms with Crippen molar-refractivity contribution in [2.24, 2.45) is 27.2 Å². The van der Waals surface area contributed by atoms with E-state index in [9.17, 15) is 15.0 Å². The van der Waals surface area contributed by atoms with Crippen LogP contribution in [0.3, 0.4) is 0 Å². The fourth-order valence-corrected chi connectivity index (χ4v) is 3.23. The summed E-state index contributed by atoms with van der Waals surface area (Å²) in [5.74, 6) is -1.99. The molecule has 1 fully saturated rings. The van der Waals surface area contributed by atoms with E-state index < -0.39 is 29.6 Å². The SMILES string of the molecule is NC(=O)OC[C@@H]1N=C(N)N2CCC(O)(O)C23NC(N)=N[C@@H]13. The van der Waals surface area contributed by atoms with Crippen molar-refractivity contribution in [3.63, 3.8) is 0 Å². The van der Waals surface area contributed by atoms with Gasteiger partial charge < -0.3 is 42.4 Å². The highest BCUT2D eigenvalue weighted by Crippen LogP contribution is 2.44. The van der Waals surface area contributed by atoms with Gasteiger partial charge in [-0.1, -0.05) is 0 Å². The van der Waals surface area contributed by atoms with Gasteiger partial charge in [0.25, 0.3) is 0 Å². The first-order valence-corrected chi connectivity index (χ1v) is 6.37. The Morgan fingerprint density at radius 1 is 1.48 bits per heavy atom. The summed E-state index contributed by atoms with van der Waals surface area (Å²) >= 11 is 0. The van der Waals surface area contributed by atoms with E-state index in [1.165, 1.54) is 4.90 Å². The number of nitrogens with two attached hydrogens (primary N) is 3. The lowest BCUT2D eigenvalue weighted by molar-refractivity contribution is -0.221. The second-order valence-corrected chi connectivity index (χ2v) is 5.25. The number of amides is 1. The van der Waals surface area contributed by atoms with Crippen molar-refractivity contribution in [1.82, 2.24) is 10.2 Å². The molecule has 0 aromatic rings. The van der Waals surface area contributed by atoms with Crippen molar-refractivity contribution < 1.29 is 19.7 Å². The Balaban J connectivity index is 2.01. The molecule has 0 aliphatic carbocycles. The van der Waals surface area contributed by atoms with Gasteiger partial charge in [0.2, 0.25) is 5.79 Å². The molecule has 0 saturated carbocycles. The Hall–Kier alpha value is -2.27. The minimum atomic E-state index is -2.12. The largest absolute Gasteiger partial charge is 0.447 e. The van der Waals surface area contributed by atoms with Gasteiger partial charge in [0.15, 0.2) is 17.6 Å². The average Bonchev–Trinajstić information content (AvgIpc) is 2.85. The Morgan fingerprint density at radius 3 is 2.86 bits per heavy atom. The molecular weight excluding hydrogens is 282 g/mol. The van der Waals surface area contributed by atoms with E-state index in [0.717, 1.165) is 0 Å². The molecule has 9 N–H and O–H groups in total. The van der Waals surface area contributed by atoms with Gasteiger partial charge in [-0.05, 0) is 0 Å². The molecule has 3 rings (SSSR count). The van der Waals surface area contributed by atoms with Gasteiger partial charge in [-0.25, -0.2) is 14.8 Å². The second-order valence-electron chi connectivity index (χ2n) is 5.25. The van der Waals surface area contributed by atoms with Crippen LogP contribution in [0.5, 0.6) is 0 Å². The number of primary amides is 1. The third-order valence-corrected chi connectivity index (χ3v) is 4.08. The second kappa shape index (κ2) is 4.11. The van der Waals surface area contributed by atoms with Crippen molar-refractivity contribution in [2.45, 2.75) is 30.0 Å². The number of carbonyl (C=O) groups excluding carboxylic acids is 1. The molecule has 11 heteroatoms. The lowest BCUT2D eigenvalue weighted by atomic mass is 9.87. The number of rotatable bonds is 2. The van der Waals surface area contributed by atoms with Crippen LogP contribution in [0.25, 0.3) is 0 Å². The molecule has 1 amide bonds. The molecule has 21 heavy (non-hydrogen) atoms. The maximum Gasteiger partial charge on any atom is 0.404 e. The number of hydrogen-bond acceptors (Lipinski definition) is 10. The fourth-order valence-electron chi connectivity index (χ4n) is 3.23. The van der Waals surface area contributed by atoms with E-state index in [0.29, 0.717) is 0 Å². The fraction of sp³-hybridized carbons (Fsp3) is 0.700. The van der Waals surface area contributed by atoms with Gasteiger partial charge in [-0.15, -0.1) is 0 Å². The summed E-state index contributed by atoms with van der Waals surface area (Å²) in [5, 5.41) is 23.5. The number of ether oxygens (including phenoxy) is 1. The monoisotopic (exact) mass is 299 g/mol. The summed E-state index contributed by atoms with van der Waals surface area (Å²) in [4.78, 5) is 20.6. The normalized spacial score (nSPS) is 36.2. The maximum absolute atomic E-state index is 10.8. The van der Waals surface area contributed by atoms with Crippen molar-refractivity contribution in [1.29, 1.82) is 0 Å². The molecule has 3 atom stereocenters. The topological polar surface area (TPSA) is 185 Å². The molecule has 11 nitrogen and oxygen atoms in total. The number of nitrogens with zero attached hydrogens (tertiary/aromatic N) is 3. The molecule has 116 valence electrons. The lowest BCUT2D eigenvalue weighted by Crippen LogP contribution is -2.76. The highest BCUT2D eigenvalue weighted by molar-refractivity contribution is 5.87. The summed E-state index contributed by atoms with van der Waals surface area (Å²) in [5.41, 5.74) is 15.1. The number of aliphatic hydroxyl groups is 2. The summed E-state index contributed by atoms with van der Waals surface area (Å²) in [6.07, 6.45) is -0.923. The van der Waals surface area contributed by atoms with Crippen molar-refractivity contribution >= 4 is 18.0 Å². The quantitative estimate of drug-likeness (QED) is 0.280. The molecule has 3 aliphatic rings. The average molecular weight is 299 g/mol. The highest BCUT2D eigenvalue weighted by Gasteiger charge is 2.69. The zero-order valence-corrected chi connectivity index (χ0v) is 11.1. The van der Waals surface area contributed by atoms with Crippen LogP contribution in [0.2, 0.25) is 0 Å². The van der Waals surface area contributed by atoms with E-state index in [1.807, 2.05) is 0 Å². The van der Waals surface area contributed by atoms with Gasteiger partial charge in [-0.2, -0.15) is 0 Å². The maximum atomic E-state index is 10.8. The zero-order chi connectivity index (χ0) is 15.4. The van der Waals surface area contributed by atoms with Crippen LogP contribution in [-0.2, 0) is 4.74 Å². The summed E-state index contributed by atoms with van der Waals surface area (Å²) in [6, 6.07) is -1.50. The first-order chi connectivity index (χ1) is 9.78. The summed E-state index contributed by atoms with van der Waals surface area (Å²) in [7, 11) is 0. The smallest absolute Gasteiger partial charge is 0.404 e. The van der Waals surface area contributed by atoms with E-state index in [2.05, 4.69) is 15.3 Å². The minimum absolute atomic E-state index is 0.0355. The van der Waals surface area contributed by atoms with E-state index in [1.54, 1.807) is 0 Å². The predicted molar refractivity (Wildman–Crippen MR) is 70.7 cm³/mol. The highest BCUT2D eigenvalue weighted by atomic mass is 16.5. The van der Waals surface area contributed by atoms with Crippen molar-refractivity contribution in [3.8, 4) is 0 Å². The van der Waals surface area contributed by atoms with Gasteiger partial charge in [0.1, 0.15) is 18.7 Å². The van der Waals surface area contributed by atoms with Gasteiger partial charge in [-0.3, -0.25) is 0 Å². The number of aliphatic imine (C=N–C) groups is 2. The molecule has 0 radical (unpaired) electrons. The molecule has 0 aromatic heterocycles. The molecular formula is C10H17N7O4.